The molecule has 2 unspecified atom stereocenters. The Morgan fingerprint density at radius 1 is 1.14 bits per heavy atom. The minimum atomic E-state index is -0.304. The Bertz CT molecular complexity index is 947. The highest BCUT2D eigenvalue weighted by atomic mass is 32.2. The molecule has 0 spiro atoms. The number of carbonyl (C=O) groups is 1. The Labute approximate surface area is 223 Å². The Hall–Kier alpha value is -1.46. The lowest BCUT2D eigenvalue weighted by Gasteiger charge is -2.36. The molecule has 4 rings (SSSR count). The van der Waals surface area contributed by atoms with Crippen LogP contribution < -0.4 is 9.47 Å². The normalized spacial score (nSPS) is 20.9. The standard InChI is InChI=1S/C31H47NO3S/c1-6-7-8-11-22(2)23(3)24-20-27(34-29(33)14-10-15-32-16-18-36-19-17-32)30-25-12-9-13-26(25)31(4,5)35-28(30)21-24/h20-23H,6-19H2,1-5H3. The van der Waals surface area contributed by atoms with Crippen molar-refractivity contribution in [3.63, 3.8) is 0 Å². The van der Waals surface area contributed by atoms with Gasteiger partial charge in [0.15, 0.2) is 0 Å². The number of rotatable bonds is 11. The van der Waals surface area contributed by atoms with Crippen molar-refractivity contribution in [2.45, 2.75) is 104 Å². The predicted octanol–water partition coefficient (Wildman–Crippen LogP) is 7.85. The fourth-order valence-electron chi connectivity index (χ4n) is 6.09. The molecule has 1 aliphatic carbocycles. The van der Waals surface area contributed by atoms with Gasteiger partial charge in [-0.2, -0.15) is 11.8 Å². The van der Waals surface area contributed by atoms with Crippen molar-refractivity contribution >= 4 is 23.3 Å². The van der Waals surface area contributed by atoms with Gasteiger partial charge in [-0.15, -0.1) is 0 Å². The molecule has 4 nitrogen and oxygen atoms in total. The Balaban J connectivity index is 1.55. The van der Waals surface area contributed by atoms with E-state index in [-0.39, 0.29) is 11.6 Å². The Kier molecular flexibility index (Phi) is 9.49. The van der Waals surface area contributed by atoms with Crippen molar-refractivity contribution in [2.75, 3.05) is 31.1 Å². The van der Waals surface area contributed by atoms with Crippen molar-refractivity contribution in [2.24, 2.45) is 5.92 Å². The number of ether oxygens (including phenoxy) is 2. The van der Waals surface area contributed by atoms with Crippen molar-refractivity contribution in [1.29, 1.82) is 0 Å². The number of allylic oxidation sites excluding steroid dienone is 1. The summed E-state index contributed by atoms with van der Waals surface area (Å²) in [5.41, 5.74) is 4.69. The van der Waals surface area contributed by atoms with Crippen molar-refractivity contribution < 1.29 is 14.3 Å². The highest BCUT2D eigenvalue weighted by Crippen LogP contribution is 2.52. The third kappa shape index (κ3) is 6.51. The maximum Gasteiger partial charge on any atom is 0.311 e. The molecule has 5 heteroatoms. The Morgan fingerprint density at radius 2 is 1.92 bits per heavy atom. The second-order valence-corrected chi connectivity index (χ2v) is 12.8. The zero-order chi connectivity index (χ0) is 25.7. The van der Waals surface area contributed by atoms with E-state index in [0.29, 0.717) is 18.3 Å². The summed E-state index contributed by atoms with van der Waals surface area (Å²) >= 11 is 2.02. The molecule has 0 radical (unpaired) electrons. The summed E-state index contributed by atoms with van der Waals surface area (Å²) in [4.78, 5) is 15.5. The van der Waals surface area contributed by atoms with Gasteiger partial charge in [0.1, 0.15) is 17.1 Å². The lowest BCUT2D eigenvalue weighted by atomic mass is 9.82. The average Bonchev–Trinajstić information content (AvgIpc) is 3.35. The molecule has 1 aromatic carbocycles. The highest BCUT2D eigenvalue weighted by molar-refractivity contribution is 7.99. The minimum Gasteiger partial charge on any atom is -0.483 e. The number of nitrogens with zero attached hydrogens (tertiary/aromatic N) is 1. The summed E-state index contributed by atoms with van der Waals surface area (Å²) in [6.07, 6.45) is 9.58. The number of carbonyl (C=O) groups excluding carboxylic acids is 1. The molecule has 0 amide bonds. The average molecular weight is 514 g/mol. The van der Waals surface area contributed by atoms with E-state index < -0.39 is 0 Å². The summed E-state index contributed by atoms with van der Waals surface area (Å²) in [6, 6.07) is 4.40. The number of unbranched alkanes of at least 4 members (excludes halogenated alkanes) is 2. The first kappa shape index (κ1) is 27.6. The van der Waals surface area contributed by atoms with E-state index in [1.54, 1.807) is 0 Å². The van der Waals surface area contributed by atoms with Gasteiger partial charge in [-0.3, -0.25) is 4.79 Å². The van der Waals surface area contributed by atoms with Crippen LogP contribution in [-0.4, -0.2) is 47.6 Å². The zero-order valence-electron chi connectivity index (χ0n) is 23.3. The van der Waals surface area contributed by atoms with Gasteiger partial charge in [0.2, 0.25) is 0 Å². The van der Waals surface area contributed by atoms with Gasteiger partial charge in [0.25, 0.3) is 0 Å². The maximum atomic E-state index is 13.0. The zero-order valence-corrected chi connectivity index (χ0v) is 24.1. The molecule has 2 atom stereocenters. The van der Waals surface area contributed by atoms with Crippen LogP contribution in [-0.2, 0) is 4.79 Å². The van der Waals surface area contributed by atoms with Crippen LogP contribution in [0, 0.1) is 5.92 Å². The fraction of sp³-hybridized carbons (Fsp3) is 0.710. The van der Waals surface area contributed by atoms with E-state index in [1.165, 1.54) is 53.9 Å². The molecule has 1 aromatic rings. The molecule has 2 heterocycles. The molecule has 0 bridgehead atoms. The highest BCUT2D eigenvalue weighted by Gasteiger charge is 2.39. The van der Waals surface area contributed by atoms with E-state index in [0.717, 1.165) is 62.4 Å². The second-order valence-electron chi connectivity index (χ2n) is 11.6. The molecular weight excluding hydrogens is 466 g/mol. The SMILES string of the molecule is CCCCCC(C)C(C)c1cc(OC(=O)CCCN2CCSCC2)c2c(c1)OC(C)(C)C1=C2CCC1. The summed E-state index contributed by atoms with van der Waals surface area (Å²) < 4.78 is 12.8. The molecule has 0 saturated carbocycles. The van der Waals surface area contributed by atoms with Crippen LogP contribution in [0.3, 0.4) is 0 Å². The minimum absolute atomic E-state index is 0.116. The third-order valence-corrected chi connectivity index (χ3v) is 9.47. The van der Waals surface area contributed by atoms with Gasteiger partial charge >= 0.3 is 5.97 Å². The number of hydrogen-bond acceptors (Lipinski definition) is 5. The van der Waals surface area contributed by atoms with Gasteiger partial charge in [-0.25, -0.2) is 0 Å². The van der Waals surface area contributed by atoms with E-state index in [2.05, 4.69) is 51.7 Å². The van der Waals surface area contributed by atoms with Gasteiger partial charge in [0, 0.05) is 31.0 Å². The molecule has 3 aliphatic rings. The van der Waals surface area contributed by atoms with Gasteiger partial charge in [-0.05, 0) is 86.8 Å². The topological polar surface area (TPSA) is 38.8 Å². The monoisotopic (exact) mass is 513 g/mol. The van der Waals surface area contributed by atoms with E-state index in [4.69, 9.17) is 9.47 Å². The predicted molar refractivity (Wildman–Crippen MR) is 152 cm³/mol. The molecule has 1 fully saturated rings. The first-order valence-electron chi connectivity index (χ1n) is 14.4. The number of hydrogen-bond donors (Lipinski definition) is 0. The quantitative estimate of drug-likeness (QED) is 0.171. The summed E-state index contributed by atoms with van der Waals surface area (Å²) in [5.74, 6) is 4.86. The smallest absolute Gasteiger partial charge is 0.311 e. The number of thioether (sulfide) groups is 1. The lowest BCUT2D eigenvalue weighted by molar-refractivity contribution is -0.134. The molecule has 36 heavy (non-hydrogen) atoms. The van der Waals surface area contributed by atoms with Gasteiger partial charge in [0.05, 0.1) is 5.56 Å². The molecule has 200 valence electrons. The first-order chi connectivity index (χ1) is 17.3. The largest absolute Gasteiger partial charge is 0.483 e. The van der Waals surface area contributed by atoms with E-state index in [9.17, 15) is 4.79 Å². The molecule has 0 N–H and O–H groups in total. The fourth-order valence-corrected chi connectivity index (χ4v) is 7.07. The molecule has 0 aromatic heterocycles. The third-order valence-electron chi connectivity index (χ3n) is 8.52. The van der Waals surface area contributed by atoms with Crippen LogP contribution in [0.2, 0.25) is 0 Å². The van der Waals surface area contributed by atoms with Crippen molar-refractivity contribution in [3.05, 3.63) is 28.8 Å². The van der Waals surface area contributed by atoms with Gasteiger partial charge in [-0.1, -0.05) is 46.5 Å². The van der Waals surface area contributed by atoms with E-state index >= 15 is 0 Å². The molecule has 1 saturated heterocycles. The van der Waals surface area contributed by atoms with Crippen LogP contribution >= 0.6 is 11.8 Å². The van der Waals surface area contributed by atoms with Crippen LogP contribution in [0.15, 0.2) is 17.7 Å². The first-order valence-corrected chi connectivity index (χ1v) is 15.6. The number of esters is 1. The summed E-state index contributed by atoms with van der Waals surface area (Å²) in [5, 5.41) is 0. The Morgan fingerprint density at radius 3 is 2.67 bits per heavy atom. The van der Waals surface area contributed by atoms with Crippen LogP contribution in [0.5, 0.6) is 11.5 Å². The van der Waals surface area contributed by atoms with E-state index in [1.807, 2.05) is 11.8 Å². The molecule has 2 aliphatic heterocycles. The van der Waals surface area contributed by atoms with Gasteiger partial charge < -0.3 is 14.4 Å². The maximum absolute atomic E-state index is 13.0. The summed E-state index contributed by atoms with van der Waals surface area (Å²) in [6.45, 7) is 14.5. The van der Waals surface area contributed by atoms with Crippen molar-refractivity contribution in [1.82, 2.24) is 4.90 Å². The van der Waals surface area contributed by atoms with Crippen molar-refractivity contribution in [3.8, 4) is 11.5 Å². The number of benzene rings is 1. The van der Waals surface area contributed by atoms with Crippen LogP contribution in [0.4, 0.5) is 0 Å². The summed E-state index contributed by atoms with van der Waals surface area (Å²) in [7, 11) is 0. The number of fused-ring (bicyclic) bond motifs is 2. The lowest BCUT2D eigenvalue weighted by Crippen LogP contribution is -2.34. The molecular formula is C31H47NO3S. The van der Waals surface area contributed by atoms with Crippen LogP contribution in [0.1, 0.15) is 109 Å². The second kappa shape index (κ2) is 12.4. The van der Waals surface area contributed by atoms with Crippen LogP contribution in [0.25, 0.3) is 5.57 Å².